The first-order chi connectivity index (χ1) is 13.4. The summed E-state index contributed by atoms with van der Waals surface area (Å²) in [5, 5.41) is 12.2. The van der Waals surface area contributed by atoms with Gasteiger partial charge in [-0.2, -0.15) is 0 Å². The first-order valence-corrected chi connectivity index (χ1v) is 10.2. The number of aliphatic carboxylic acids is 1. The van der Waals surface area contributed by atoms with Crippen molar-refractivity contribution in [1.29, 1.82) is 0 Å². The second-order valence-electron chi connectivity index (χ2n) is 8.05. The number of likely N-dealkylation sites (N-methyl/N-ethyl adjacent to an activating group) is 1. The molecule has 2 N–H and O–H groups in total. The Balaban J connectivity index is 1.60. The van der Waals surface area contributed by atoms with Crippen molar-refractivity contribution in [2.45, 2.75) is 50.6 Å². The van der Waals surface area contributed by atoms with E-state index in [-0.39, 0.29) is 30.5 Å². The van der Waals surface area contributed by atoms with Gasteiger partial charge in [0.25, 0.3) is 0 Å². The van der Waals surface area contributed by atoms with E-state index in [1.54, 1.807) is 12.1 Å². The summed E-state index contributed by atoms with van der Waals surface area (Å²) in [5.74, 6) is -0.703. The van der Waals surface area contributed by atoms with Crippen LogP contribution in [0, 0.1) is 11.7 Å². The van der Waals surface area contributed by atoms with Gasteiger partial charge in [-0.15, -0.1) is 0 Å². The molecule has 1 aromatic rings. The van der Waals surface area contributed by atoms with Gasteiger partial charge in [0.05, 0.1) is 12.6 Å². The number of carbonyl (C=O) groups is 2. The third-order valence-corrected chi connectivity index (χ3v) is 6.12. The number of carboxylic acids is 1. The maximum Gasteiger partial charge on any atom is 0.317 e. The van der Waals surface area contributed by atoms with Gasteiger partial charge >= 0.3 is 12.0 Å². The first kappa shape index (κ1) is 20.6. The molecule has 7 heteroatoms. The average Bonchev–Trinajstić information content (AvgIpc) is 2.86. The quantitative estimate of drug-likeness (QED) is 0.781. The van der Waals surface area contributed by atoms with Crippen LogP contribution in [0.25, 0.3) is 0 Å². The molecule has 1 saturated heterocycles. The molecular formula is C21H30FN3O3. The number of rotatable bonds is 6. The number of hydrogen-bond acceptors (Lipinski definition) is 3. The number of amides is 2. The molecule has 2 amide bonds. The molecule has 6 nitrogen and oxygen atoms in total. The fourth-order valence-corrected chi connectivity index (χ4v) is 4.21. The number of carboxylic acid groups (broad SMARTS) is 1. The van der Waals surface area contributed by atoms with E-state index >= 15 is 0 Å². The molecule has 0 bridgehead atoms. The number of urea groups is 1. The highest BCUT2D eigenvalue weighted by Gasteiger charge is 2.32. The normalized spacial score (nSPS) is 21.7. The Morgan fingerprint density at radius 1 is 1.18 bits per heavy atom. The van der Waals surface area contributed by atoms with E-state index in [0.29, 0.717) is 19.0 Å². The van der Waals surface area contributed by atoms with Crippen LogP contribution in [0.3, 0.4) is 0 Å². The molecule has 1 saturated carbocycles. The van der Waals surface area contributed by atoms with Gasteiger partial charge in [-0.05, 0) is 62.8 Å². The predicted octanol–water partition coefficient (Wildman–Crippen LogP) is 3.25. The lowest BCUT2D eigenvalue weighted by Gasteiger charge is -2.36. The lowest BCUT2D eigenvalue weighted by atomic mass is 9.77. The van der Waals surface area contributed by atoms with E-state index in [1.807, 2.05) is 16.8 Å². The molecule has 1 aliphatic heterocycles. The summed E-state index contributed by atoms with van der Waals surface area (Å²) in [6.45, 7) is 1.30. The van der Waals surface area contributed by atoms with Crippen LogP contribution in [-0.4, -0.2) is 59.6 Å². The summed E-state index contributed by atoms with van der Waals surface area (Å²) in [6, 6.07) is 6.42. The maximum atomic E-state index is 13.3. The molecule has 0 radical (unpaired) electrons. The third kappa shape index (κ3) is 5.22. The molecular weight excluding hydrogens is 361 g/mol. The van der Waals surface area contributed by atoms with Crippen LogP contribution in [0.4, 0.5) is 9.18 Å². The Kier molecular flexibility index (Phi) is 6.88. The molecule has 0 aromatic heterocycles. The Morgan fingerprint density at radius 2 is 1.89 bits per heavy atom. The molecule has 154 valence electrons. The summed E-state index contributed by atoms with van der Waals surface area (Å²) in [4.78, 5) is 27.6. The van der Waals surface area contributed by atoms with Crippen molar-refractivity contribution in [2.24, 2.45) is 5.92 Å². The van der Waals surface area contributed by atoms with Gasteiger partial charge in [-0.3, -0.25) is 9.69 Å². The van der Waals surface area contributed by atoms with Crippen LogP contribution >= 0.6 is 0 Å². The molecule has 1 aromatic carbocycles. The molecule has 2 unspecified atom stereocenters. The van der Waals surface area contributed by atoms with Gasteiger partial charge < -0.3 is 15.3 Å². The maximum absolute atomic E-state index is 13.3. The van der Waals surface area contributed by atoms with E-state index in [2.05, 4.69) is 5.32 Å². The minimum absolute atomic E-state index is 0.0190. The average molecular weight is 391 g/mol. The van der Waals surface area contributed by atoms with E-state index in [9.17, 15) is 14.0 Å². The lowest BCUT2D eigenvalue weighted by molar-refractivity contribution is -0.138. The number of benzene rings is 1. The van der Waals surface area contributed by atoms with Crippen molar-refractivity contribution in [3.8, 4) is 0 Å². The molecule has 2 fully saturated rings. The molecule has 2 atom stereocenters. The van der Waals surface area contributed by atoms with Crippen LogP contribution in [0.5, 0.6) is 0 Å². The van der Waals surface area contributed by atoms with Crippen LogP contribution in [0.1, 0.15) is 50.1 Å². The standard InChI is InChI=1S/C21H30FN3O3/c1-24(14-19(26)27)18-6-3-12-25(13-11-18)21(28)23-20(15-4-2-5-15)16-7-9-17(22)10-8-16/h7-10,15,18,20H,2-6,11-14H2,1H3,(H,23,28)(H,26,27). The smallest absolute Gasteiger partial charge is 0.317 e. The van der Waals surface area contributed by atoms with Gasteiger partial charge in [0.2, 0.25) is 0 Å². The van der Waals surface area contributed by atoms with Crippen molar-refractivity contribution in [3.63, 3.8) is 0 Å². The Hall–Kier alpha value is -2.15. The summed E-state index contributed by atoms with van der Waals surface area (Å²) < 4.78 is 13.3. The number of nitrogens with zero attached hydrogens (tertiary/aromatic N) is 2. The molecule has 2 aliphatic rings. The fourth-order valence-electron chi connectivity index (χ4n) is 4.21. The van der Waals surface area contributed by atoms with Crippen molar-refractivity contribution in [2.75, 3.05) is 26.7 Å². The van der Waals surface area contributed by atoms with Crippen molar-refractivity contribution >= 4 is 12.0 Å². The highest BCUT2D eigenvalue weighted by Crippen LogP contribution is 2.38. The Morgan fingerprint density at radius 3 is 2.50 bits per heavy atom. The van der Waals surface area contributed by atoms with Gasteiger partial charge in [-0.25, -0.2) is 9.18 Å². The van der Waals surface area contributed by atoms with E-state index in [0.717, 1.165) is 37.7 Å². The SMILES string of the molecule is CN(CC(=O)O)C1CCCN(C(=O)NC(c2ccc(F)cc2)C2CCC2)CC1. The zero-order valence-electron chi connectivity index (χ0n) is 16.4. The largest absolute Gasteiger partial charge is 0.480 e. The summed E-state index contributed by atoms with van der Waals surface area (Å²) in [6.07, 6.45) is 5.82. The second kappa shape index (κ2) is 9.37. The number of halogens is 1. The minimum Gasteiger partial charge on any atom is -0.480 e. The number of nitrogens with one attached hydrogen (secondary N) is 1. The predicted molar refractivity (Wildman–Crippen MR) is 104 cm³/mol. The fraction of sp³-hybridized carbons (Fsp3) is 0.619. The zero-order valence-corrected chi connectivity index (χ0v) is 16.4. The number of likely N-dealkylation sites (tertiary alicyclic amines) is 1. The molecule has 28 heavy (non-hydrogen) atoms. The van der Waals surface area contributed by atoms with Crippen LogP contribution in [0.15, 0.2) is 24.3 Å². The van der Waals surface area contributed by atoms with Crippen molar-refractivity contribution in [1.82, 2.24) is 15.1 Å². The highest BCUT2D eigenvalue weighted by atomic mass is 19.1. The molecule has 0 spiro atoms. The van der Waals surface area contributed by atoms with Gasteiger partial charge in [-0.1, -0.05) is 18.6 Å². The van der Waals surface area contributed by atoms with Crippen LogP contribution < -0.4 is 5.32 Å². The summed E-state index contributed by atoms with van der Waals surface area (Å²) in [7, 11) is 1.83. The lowest BCUT2D eigenvalue weighted by Crippen LogP contribution is -2.45. The summed E-state index contributed by atoms with van der Waals surface area (Å²) >= 11 is 0. The van der Waals surface area contributed by atoms with E-state index in [4.69, 9.17) is 5.11 Å². The van der Waals surface area contributed by atoms with Gasteiger partial charge in [0.1, 0.15) is 5.82 Å². The monoisotopic (exact) mass is 391 g/mol. The number of hydrogen-bond donors (Lipinski definition) is 2. The van der Waals surface area contributed by atoms with Gasteiger partial charge in [0, 0.05) is 19.1 Å². The topological polar surface area (TPSA) is 72.9 Å². The number of carbonyl (C=O) groups excluding carboxylic acids is 1. The highest BCUT2D eigenvalue weighted by molar-refractivity contribution is 5.75. The third-order valence-electron chi connectivity index (χ3n) is 6.12. The first-order valence-electron chi connectivity index (χ1n) is 10.2. The zero-order chi connectivity index (χ0) is 20.1. The Labute approximate surface area is 165 Å². The Bertz CT molecular complexity index is 678. The molecule has 1 heterocycles. The van der Waals surface area contributed by atoms with Gasteiger partial charge in [0.15, 0.2) is 0 Å². The minimum atomic E-state index is -0.830. The van der Waals surface area contributed by atoms with E-state index < -0.39 is 5.97 Å². The van der Waals surface area contributed by atoms with Crippen molar-refractivity contribution < 1.29 is 19.1 Å². The summed E-state index contributed by atoms with van der Waals surface area (Å²) in [5.41, 5.74) is 0.952. The molecule has 3 rings (SSSR count). The van der Waals surface area contributed by atoms with E-state index in [1.165, 1.54) is 18.6 Å². The second-order valence-corrected chi connectivity index (χ2v) is 8.05. The van der Waals surface area contributed by atoms with Crippen LogP contribution in [-0.2, 0) is 4.79 Å². The molecule has 1 aliphatic carbocycles. The van der Waals surface area contributed by atoms with Crippen molar-refractivity contribution in [3.05, 3.63) is 35.6 Å². The van der Waals surface area contributed by atoms with Crippen LogP contribution in [0.2, 0.25) is 0 Å².